The van der Waals surface area contributed by atoms with Crippen molar-refractivity contribution >= 4 is 15.8 Å². The minimum absolute atomic E-state index is 0.237. The van der Waals surface area contributed by atoms with Crippen LogP contribution in [0.4, 0.5) is 0 Å². The third-order valence-corrected chi connectivity index (χ3v) is 3.03. The van der Waals surface area contributed by atoms with E-state index in [1.165, 1.54) is 0 Å². The van der Waals surface area contributed by atoms with Gasteiger partial charge >= 0.3 is 5.97 Å². The summed E-state index contributed by atoms with van der Waals surface area (Å²) in [6.07, 6.45) is -0.548. The molecule has 1 saturated heterocycles. The van der Waals surface area contributed by atoms with Crippen molar-refractivity contribution in [2.45, 2.75) is 11.4 Å². The Hall–Kier alpha value is -0.620. The van der Waals surface area contributed by atoms with Crippen molar-refractivity contribution in [2.75, 3.05) is 12.9 Å². The summed E-state index contributed by atoms with van der Waals surface area (Å²) in [6.45, 7) is -0.237. The van der Waals surface area contributed by atoms with Gasteiger partial charge in [-0.2, -0.15) is 0 Å². The monoisotopic (exact) mass is 180 g/mol. The van der Waals surface area contributed by atoms with Gasteiger partial charge in [0.05, 0.1) is 0 Å². The molecule has 0 aliphatic carbocycles. The first kappa shape index (κ1) is 8.48. The molecule has 6 heteroatoms. The lowest BCUT2D eigenvalue weighted by molar-refractivity contribution is -0.144. The summed E-state index contributed by atoms with van der Waals surface area (Å²) in [6, 6.07) is 0. The van der Waals surface area contributed by atoms with Gasteiger partial charge in [-0.3, -0.25) is 0 Å². The summed E-state index contributed by atoms with van der Waals surface area (Å²) in [7, 11) is -3.38. The Morgan fingerprint density at radius 2 is 2.18 bits per heavy atom. The molecule has 0 aromatic rings. The highest BCUT2D eigenvalue weighted by molar-refractivity contribution is 7.91. The molecule has 0 bridgehead atoms. The van der Waals surface area contributed by atoms with E-state index in [0.717, 1.165) is 6.26 Å². The normalized spacial score (nSPS) is 32.0. The molecule has 1 N–H and O–H groups in total. The summed E-state index contributed by atoms with van der Waals surface area (Å²) in [5, 5.41) is 7.85. The number of esters is 1. The number of aliphatic hydroxyl groups excluding tert-OH is 1. The molecular formula is C5H8O5S. The maximum absolute atomic E-state index is 10.8. The SMILES string of the molecule is CS(=O)(=O)C1COC(=O)[C@@H]1O. The number of carbonyl (C=O) groups is 1. The number of aliphatic hydroxyl groups is 1. The van der Waals surface area contributed by atoms with Crippen LogP contribution < -0.4 is 0 Å². The van der Waals surface area contributed by atoms with Crippen molar-refractivity contribution in [2.24, 2.45) is 0 Å². The van der Waals surface area contributed by atoms with Crippen LogP contribution in [0.2, 0.25) is 0 Å². The van der Waals surface area contributed by atoms with E-state index in [1.54, 1.807) is 0 Å². The van der Waals surface area contributed by atoms with Crippen LogP contribution >= 0.6 is 0 Å². The van der Waals surface area contributed by atoms with Gasteiger partial charge in [0.15, 0.2) is 15.9 Å². The fourth-order valence-electron chi connectivity index (χ4n) is 0.850. The Bertz CT molecular complexity index is 267. The quantitative estimate of drug-likeness (QED) is 0.487. The van der Waals surface area contributed by atoms with E-state index in [4.69, 9.17) is 5.11 Å². The molecule has 0 spiro atoms. The maximum Gasteiger partial charge on any atom is 0.336 e. The minimum atomic E-state index is -3.38. The van der Waals surface area contributed by atoms with Crippen LogP contribution in [0.3, 0.4) is 0 Å². The first-order valence-corrected chi connectivity index (χ1v) is 4.92. The minimum Gasteiger partial charge on any atom is -0.462 e. The molecule has 0 saturated carbocycles. The highest BCUT2D eigenvalue weighted by atomic mass is 32.2. The van der Waals surface area contributed by atoms with E-state index in [0.29, 0.717) is 0 Å². The summed E-state index contributed by atoms with van der Waals surface area (Å²) >= 11 is 0. The number of carbonyl (C=O) groups excluding carboxylic acids is 1. The Balaban J connectivity index is 2.87. The smallest absolute Gasteiger partial charge is 0.336 e. The molecule has 0 radical (unpaired) electrons. The summed E-state index contributed by atoms with van der Waals surface area (Å²) in [4.78, 5) is 10.5. The number of hydrogen-bond acceptors (Lipinski definition) is 5. The third kappa shape index (κ3) is 1.51. The van der Waals surface area contributed by atoms with Gasteiger partial charge in [-0.1, -0.05) is 0 Å². The second kappa shape index (κ2) is 2.46. The van der Waals surface area contributed by atoms with Gasteiger partial charge in [0.1, 0.15) is 11.9 Å². The first-order valence-electron chi connectivity index (χ1n) is 2.96. The number of hydrogen-bond donors (Lipinski definition) is 1. The molecule has 1 fully saturated rings. The second-order valence-electron chi connectivity index (χ2n) is 2.44. The van der Waals surface area contributed by atoms with Gasteiger partial charge in [-0.15, -0.1) is 0 Å². The molecule has 1 rings (SSSR count). The second-order valence-corrected chi connectivity index (χ2v) is 4.71. The number of rotatable bonds is 1. The van der Waals surface area contributed by atoms with E-state index in [-0.39, 0.29) is 6.61 Å². The lowest BCUT2D eigenvalue weighted by atomic mass is 10.3. The van der Waals surface area contributed by atoms with Crippen molar-refractivity contribution in [3.63, 3.8) is 0 Å². The molecule has 1 unspecified atom stereocenters. The van der Waals surface area contributed by atoms with Crippen LogP contribution in [0.1, 0.15) is 0 Å². The van der Waals surface area contributed by atoms with Crippen molar-refractivity contribution < 1.29 is 23.1 Å². The van der Waals surface area contributed by atoms with E-state index in [9.17, 15) is 13.2 Å². The van der Waals surface area contributed by atoms with Gasteiger partial charge in [0.25, 0.3) is 0 Å². The van der Waals surface area contributed by atoms with Crippen LogP contribution in [0.25, 0.3) is 0 Å². The lowest BCUT2D eigenvalue weighted by Crippen LogP contribution is -2.33. The molecule has 1 aliphatic rings. The fourth-order valence-corrected chi connectivity index (χ4v) is 1.74. The first-order chi connectivity index (χ1) is 4.93. The molecule has 0 amide bonds. The third-order valence-electron chi connectivity index (χ3n) is 1.53. The fraction of sp³-hybridized carbons (Fsp3) is 0.800. The van der Waals surface area contributed by atoms with E-state index in [2.05, 4.69) is 4.74 Å². The molecule has 2 atom stereocenters. The van der Waals surface area contributed by atoms with Crippen LogP contribution in [0.15, 0.2) is 0 Å². The molecule has 5 nitrogen and oxygen atoms in total. The summed E-state index contributed by atoms with van der Waals surface area (Å²) < 4.78 is 25.9. The Kier molecular flexibility index (Phi) is 1.89. The van der Waals surface area contributed by atoms with Gasteiger partial charge in [0.2, 0.25) is 0 Å². The zero-order valence-electron chi connectivity index (χ0n) is 5.85. The largest absolute Gasteiger partial charge is 0.462 e. The van der Waals surface area contributed by atoms with Gasteiger partial charge in [0, 0.05) is 6.26 Å². The van der Waals surface area contributed by atoms with Crippen LogP contribution in [0.5, 0.6) is 0 Å². The predicted octanol–water partition coefficient (Wildman–Crippen LogP) is -1.68. The zero-order chi connectivity index (χ0) is 8.65. The Labute approximate surface area is 63.9 Å². The van der Waals surface area contributed by atoms with Crippen molar-refractivity contribution in [1.29, 1.82) is 0 Å². The maximum atomic E-state index is 10.8. The summed E-state index contributed by atoms with van der Waals surface area (Å²) in [5.74, 6) is -0.861. The molecule has 11 heavy (non-hydrogen) atoms. The average molecular weight is 180 g/mol. The van der Waals surface area contributed by atoms with Gasteiger partial charge in [-0.05, 0) is 0 Å². The zero-order valence-corrected chi connectivity index (χ0v) is 6.67. The van der Waals surface area contributed by atoms with E-state index < -0.39 is 27.2 Å². The Morgan fingerprint density at radius 3 is 2.36 bits per heavy atom. The molecule has 0 aromatic carbocycles. The van der Waals surface area contributed by atoms with E-state index in [1.807, 2.05) is 0 Å². The van der Waals surface area contributed by atoms with Crippen LogP contribution in [-0.4, -0.2) is 43.7 Å². The van der Waals surface area contributed by atoms with Crippen molar-refractivity contribution in [3.8, 4) is 0 Å². The van der Waals surface area contributed by atoms with E-state index >= 15 is 0 Å². The van der Waals surface area contributed by atoms with Crippen molar-refractivity contribution in [1.82, 2.24) is 0 Å². The lowest BCUT2D eigenvalue weighted by Gasteiger charge is -2.05. The van der Waals surface area contributed by atoms with Crippen molar-refractivity contribution in [3.05, 3.63) is 0 Å². The number of ether oxygens (including phenoxy) is 1. The highest BCUT2D eigenvalue weighted by Crippen LogP contribution is 2.14. The number of sulfone groups is 1. The highest BCUT2D eigenvalue weighted by Gasteiger charge is 2.41. The standard InChI is InChI=1S/C5H8O5S/c1-11(8,9)3-2-10-5(7)4(3)6/h3-4,6H,2H2,1H3/t3?,4-/m1/s1. The molecule has 1 heterocycles. The predicted molar refractivity (Wildman–Crippen MR) is 35.6 cm³/mol. The molecular weight excluding hydrogens is 172 g/mol. The number of cyclic esters (lactones) is 1. The van der Waals surface area contributed by atoms with Gasteiger partial charge in [-0.25, -0.2) is 13.2 Å². The Morgan fingerprint density at radius 1 is 1.64 bits per heavy atom. The molecule has 1 aliphatic heterocycles. The topological polar surface area (TPSA) is 80.7 Å². The van der Waals surface area contributed by atoms with Gasteiger partial charge < -0.3 is 9.84 Å². The van der Waals surface area contributed by atoms with Crippen LogP contribution in [0, 0.1) is 0 Å². The molecule has 0 aromatic heterocycles. The molecule has 64 valence electrons. The summed E-state index contributed by atoms with van der Waals surface area (Å²) in [5.41, 5.74) is 0. The average Bonchev–Trinajstić information content (AvgIpc) is 2.11. The van der Waals surface area contributed by atoms with Crippen LogP contribution in [-0.2, 0) is 19.4 Å².